The highest BCUT2D eigenvalue weighted by Crippen LogP contribution is 2.46. The lowest BCUT2D eigenvalue weighted by atomic mass is 10.0. The summed E-state index contributed by atoms with van der Waals surface area (Å²) in [5.74, 6) is 3.56. The molecule has 0 bridgehead atoms. The van der Waals surface area contributed by atoms with Gasteiger partial charge in [0.1, 0.15) is 5.75 Å². The number of hydrogen-bond acceptors (Lipinski definition) is 4. The molecule has 0 unspecified atom stereocenters. The largest absolute Gasteiger partial charge is 0.423 e. The zero-order valence-corrected chi connectivity index (χ0v) is 15.5. The molecular formula is C19H26O2S2. The predicted molar refractivity (Wildman–Crippen MR) is 102 cm³/mol. The molecule has 1 heterocycles. The van der Waals surface area contributed by atoms with Gasteiger partial charge in [0.05, 0.1) is 4.58 Å². The number of rotatable bonds is 8. The van der Waals surface area contributed by atoms with E-state index in [9.17, 15) is 4.79 Å². The van der Waals surface area contributed by atoms with E-state index in [1.807, 2.05) is 12.1 Å². The van der Waals surface area contributed by atoms with Crippen molar-refractivity contribution in [1.82, 2.24) is 0 Å². The molecule has 1 aliphatic heterocycles. The number of unbranched alkanes of at least 4 members (excludes halogenated alkanes) is 3. The summed E-state index contributed by atoms with van der Waals surface area (Å²) in [6, 6.07) is 7.87. The molecule has 0 amide bonds. The second kappa shape index (κ2) is 10.1. The smallest absolute Gasteiger partial charge is 0.335 e. The first-order valence-corrected chi connectivity index (χ1v) is 10.5. The fourth-order valence-corrected chi connectivity index (χ4v) is 5.78. The molecule has 2 nitrogen and oxygen atoms in total. The molecule has 126 valence electrons. The maximum absolute atomic E-state index is 11.2. The molecule has 23 heavy (non-hydrogen) atoms. The Kier molecular flexibility index (Phi) is 8.10. The Balaban J connectivity index is 1.76. The van der Waals surface area contributed by atoms with Crippen LogP contribution in [0, 0.1) is 5.92 Å². The van der Waals surface area contributed by atoms with Crippen LogP contribution in [0.5, 0.6) is 5.75 Å². The van der Waals surface area contributed by atoms with Crippen molar-refractivity contribution in [2.45, 2.75) is 43.6 Å². The van der Waals surface area contributed by atoms with Gasteiger partial charge in [-0.25, -0.2) is 4.79 Å². The highest BCUT2D eigenvalue weighted by molar-refractivity contribution is 8.16. The molecular weight excluding hydrogens is 324 g/mol. The summed E-state index contributed by atoms with van der Waals surface area (Å²) >= 11 is 4.10. The Hall–Kier alpha value is -0.870. The number of ether oxygens (including phenoxy) is 1. The lowest BCUT2D eigenvalue weighted by molar-refractivity contribution is -0.128. The molecule has 0 radical (unpaired) electrons. The van der Waals surface area contributed by atoms with Gasteiger partial charge in [-0.05, 0) is 41.5 Å². The lowest BCUT2D eigenvalue weighted by Gasteiger charge is -2.28. The Bertz CT molecular complexity index is 491. The van der Waals surface area contributed by atoms with Gasteiger partial charge in [-0.3, -0.25) is 0 Å². The standard InChI is InChI=1S/C19H26O2S2/c1-3-5-6-7-8-15-13-22-19(23-14-15)16-9-11-17(12-10-16)21-18(20)4-2/h4,9-12,15,19H,2-3,5-8,13-14H2,1H3. The van der Waals surface area contributed by atoms with Crippen LogP contribution in [0.2, 0.25) is 0 Å². The van der Waals surface area contributed by atoms with Crippen LogP contribution in [0.3, 0.4) is 0 Å². The van der Waals surface area contributed by atoms with E-state index in [2.05, 4.69) is 49.2 Å². The fourth-order valence-electron chi connectivity index (χ4n) is 2.61. The molecule has 0 aromatic heterocycles. The SMILES string of the molecule is C=CC(=O)Oc1ccc(C2SCC(CCCCCC)CS2)cc1. The number of esters is 1. The minimum atomic E-state index is -0.412. The quantitative estimate of drug-likeness (QED) is 0.254. The zero-order valence-electron chi connectivity index (χ0n) is 13.8. The van der Waals surface area contributed by atoms with Crippen LogP contribution in [-0.4, -0.2) is 17.5 Å². The number of benzene rings is 1. The number of carbonyl (C=O) groups excluding carboxylic acids is 1. The average molecular weight is 351 g/mol. The van der Waals surface area contributed by atoms with Gasteiger partial charge in [0.15, 0.2) is 0 Å². The topological polar surface area (TPSA) is 26.3 Å². The van der Waals surface area contributed by atoms with Gasteiger partial charge < -0.3 is 4.74 Å². The Morgan fingerprint density at radius 1 is 1.22 bits per heavy atom. The summed E-state index contributed by atoms with van der Waals surface area (Å²) in [6.07, 6.45) is 8.02. The van der Waals surface area contributed by atoms with E-state index in [0.29, 0.717) is 10.3 Å². The van der Waals surface area contributed by atoms with Crippen molar-refractivity contribution in [3.8, 4) is 5.75 Å². The molecule has 0 saturated carbocycles. The number of carbonyl (C=O) groups is 1. The van der Waals surface area contributed by atoms with E-state index in [1.54, 1.807) is 0 Å². The highest BCUT2D eigenvalue weighted by atomic mass is 32.2. The van der Waals surface area contributed by atoms with Gasteiger partial charge in [0.2, 0.25) is 0 Å². The van der Waals surface area contributed by atoms with Crippen molar-refractivity contribution in [2.24, 2.45) is 5.92 Å². The molecule has 1 fully saturated rings. The monoisotopic (exact) mass is 350 g/mol. The van der Waals surface area contributed by atoms with Crippen LogP contribution < -0.4 is 4.74 Å². The van der Waals surface area contributed by atoms with E-state index in [1.165, 1.54) is 55.2 Å². The molecule has 1 aromatic carbocycles. The highest BCUT2D eigenvalue weighted by Gasteiger charge is 2.23. The van der Waals surface area contributed by atoms with Crippen molar-refractivity contribution in [1.29, 1.82) is 0 Å². The predicted octanol–water partition coefficient (Wildman–Crippen LogP) is 5.84. The average Bonchev–Trinajstić information content (AvgIpc) is 2.60. The minimum Gasteiger partial charge on any atom is -0.423 e. The third kappa shape index (κ3) is 6.27. The van der Waals surface area contributed by atoms with E-state index < -0.39 is 5.97 Å². The second-order valence-electron chi connectivity index (χ2n) is 5.91. The van der Waals surface area contributed by atoms with Crippen LogP contribution in [-0.2, 0) is 4.79 Å². The van der Waals surface area contributed by atoms with Gasteiger partial charge in [-0.2, -0.15) is 0 Å². The van der Waals surface area contributed by atoms with Crippen LogP contribution in [0.4, 0.5) is 0 Å². The molecule has 0 N–H and O–H groups in total. The van der Waals surface area contributed by atoms with Crippen molar-refractivity contribution in [3.63, 3.8) is 0 Å². The summed E-state index contributed by atoms with van der Waals surface area (Å²) in [6.45, 7) is 5.67. The fraction of sp³-hybridized carbons (Fsp3) is 0.526. The molecule has 0 aliphatic carbocycles. The van der Waals surface area contributed by atoms with Gasteiger partial charge in [0, 0.05) is 6.08 Å². The molecule has 1 aliphatic rings. The Morgan fingerprint density at radius 3 is 2.52 bits per heavy atom. The van der Waals surface area contributed by atoms with Gasteiger partial charge in [0.25, 0.3) is 0 Å². The van der Waals surface area contributed by atoms with Gasteiger partial charge in [-0.15, -0.1) is 23.5 Å². The first-order valence-electron chi connectivity index (χ1n) is 8.40. The molecule has 2 rings (SSSR count). The van der Waals surface area contributed by atoms with Crippen molar-refractivity contribution in [3.05, 3.63) is 42.5 Å². The molecule has 1 saturated heterocycles. The summed E-state index contributed by atoms with van der Waals surface area (Å²) in [5, 5.41) is 0. The molecule has 4 heteroatoms. The first kappa shape index (κ1) is 18.5. The zero-order chi connectivity index (χ0) is 16.5. The van der Waals surface area contributed by atoms with Crippen molar-refractivity contribution >= 4 is 29.5 Å². The van der Waals surface area contributed by atoms with Gasteiger partial charge in [-0.1, -0.05) is 51.3 Å². The van der Waals surface area contributed by atoms with E-state index in [4.69, 9.17) is 4.74 Å². The third-order valence-electron chi connectivity index (χ3n) is 3.97. The maximum Gasteiger partial charge on any atom is 0.335 e. The molecule has 0 spiro atoms. The second-order valence-corrected chi connectivity index (χ2v) is 8.48. The summed E-state index contributed by atoms with van der Waals surface area (Å²) in [7, 11) is 0. The summed E-state index contributed by atoms with van der Waals surface area (Å²) in [5.41, 5.74) is 1.31. The number of thioether (sulfide) groups is 2. The maximum atomic E-state index is 11.2. The van der Waals surface area contributed by atoms with Crippen LogP contribution in [0.1, 0.15) is 49.2 Å². The van der Waals surface area contributed by atoms with E-state index in [0.717, 1.165) is 5.92 Å². The van der Waals surface area contributed by atoms with E-state index >= 15 is 0 Å². The minimum absolute atomic E-state index is 0.412. The summed E-state index contributed by atoms with van der Waals surface area (Å²) < 4.78 is 5.62. The van der Waals surface area contributed by atoms with Crippen LogP contribution >= 0.6 is 23.5 Å². The Morgan fingerprint density at radius 2 is 1.91 bits per heavy atom. The van der Waals surface area contributed by atoms with Crippen LogP contribution in [0.15, 0.2) is 36.9 Å². The van der Waals surface area contributed by atoms with Crippen molar-refractivity contribution in [2.75, 3.05) is 11.5 Å². The van der Waals surface area contributed by atoms with Gasteiger partial charge >= 0.3 is 5.97 Å². The molecule has 1 aromatic rings. The van der Waals surface area contributed by atoms with Crippen molar-refractivity contribution < 1.29 is 9.53 Å². The molecule has 0 atom stereocenters. The Labute approximate surface area is 148 Å². The normalized spacial score (nSPS) is 20.9. The third-order valence-corrected chi connectivity index (χ3v) is 7.26. The summed E-state index contributed by atoms with van der Waals surface area (Å²) in [4.78, 5) is 11.2. The first-order chi connectivity index (χ1) is 11.2. The van der Waals surface area contributed by atoms with E-state index in [-0.39, 0.29) is 0 Å². The van der Waals surface area contributed by atoms with Crippen LogP contribution in [0.25, 0.3) is 0 Å². The number of hydrogen-bond donors (Lipinski definition) is 0. The lowest BCUT2D eigenvalue weighted by Crippen LogP contribution is -2.14.